The van der Waals surface area contributed by atoms with Gasteiger partial charge in [0.25, 0.3) is 5.66 Å². The maximum Gasteiger partial charge on any atom is 0.259 e. The van der Waals surface area contributed by atoms with E-state index in [0.717, 1.165) is 57.1 Å². The second kappa shape index (κ2) is 10.2. The number of anilines is 1. The largest absolute Gasteiger partial charge is 0.494 e. The van der Waals surface area contributed by atoms with Crippen molar-refractivity contribution < 1.29 is 13.5 Å². The van der Waals surface area contributed by atoms with Crippen LogP contribution < -0.4 is 10.5 Å². The van der Waals surface area contributed by atoms with Crippen molar-refractivity contribution in [3.8, 4) is 5.75 Å². The summed E-state index contributed by atoms with van der Waals surface area (Å²) in [6.45, 7) is 4.55. The third-order valence-corrected chi connectivity index (χ3v) is 6.33. The lowest BCUT2D eigenvalue weighted by molar-refractivity contribution is 0.0895. The number of fused-ring (bicyclic) bond motifs is 3. The van der Waals surface area contributed by atoms with Gasteiger partial charge >= 0.3 is 0 Å². The van der Waals surface area contributed by atoms with E-state index < -0.39 is 5.66 Å². The van der Waals surface area contributed by atoms with E-state index in [-0.39, 0.29) is 6.42 Å². The molecule has 0 saturated heterocycles. The molecule has 0 radical (unpaired) electrons. The zero-order chi connectivity index (χ0) is 24.3. The molecule has 1 atom stereocenters. The molecule has 0 aliphatic carbocycles. The molecule has 0 aliphatic heterocycles. The van der Waals surface area contributed by atoms with Crippen molar-refractivity contribution in [2.24, 2.45) is 0 Å². The monoisotopic (exact) mass is 481 g/mol. The molecule has 0 aliphatic rings. The number of pyridine rings is 2. The average Bonchev–Trinajstić information content (AvgIpc) is 2.77. The van der Waals surface area contributed by atoms with Crippen LogP contribution in [0, 0.1) is 13.8 Å². The number of nitrogens with two attached hydrogens (primary N) is 1. The highest BCUT2D eigenvalue weighted by molar-refractivity contribution is 7.18. The lowest BCUT2D eigenvalue weighted by Gasteiger charge is -2.12. The number of rotatable bonds is 9. The van der Waals surface area contributed by atoms with Gasteiger partial charge in [-0.05, 0) is 86.1 Å². The minimum atomic E-state index is -2.69. The van der Waals surface area contributed by atoms with E-state index in [1.165, 1.54) is 5.56 Å². The quantitative estimate of drug-likeness (QED) is 0.163. The van der Waals surface area contributed by atoms with Crippen LogP contribution in [0.2, 0.25) is 0 Å². The standard InChI is InChI=1S/C27H30F2N3OP/c1-17-5-10-22-23-15-19(16-31-25(23)26(30)32-24(22)13-17)6-7-20-8-9-21(14-18(20)2)33-12-4-3-11-27(28,29)34/h5,8-10,13-16H,3-4,6-7,11-12,34H2,1-2H3,(H2,30,32). The van der Waals surface area contributed by atoms with Crippen molar-refractivity contribution in [1.29, 1.82) is 0 Å². The highest BCUT2D eigenvalue weighted by Crippen LogP contribution is 2.29. The third-order valence-electron chi connectivity index (χ3n) is 6.04. The van der Waals surface area contributed by atoms with Gasteiger partial charge in [-0.15, -0.1) is 0 Å². The molecule has 2 aromatic carbocycles. The summed E-state index contributed by atoms with van der Waals surface area (Å²) < 4.78 is 31.5. The predicted molar refractivity (Wildman–Crippen MR) is 139 cm³/mol. The molecule has 2 heterocycles. The molecule has 0 fully saturated rings. The molecule has 0 spiro atoms. The highest BCUT2D eigenvalue weighted by Gasteiger charge is 2.19. The number of benzene rings is 2. The summed E-state index contributed by atoms with van der Waals surface area (Å²) in [6, 6.07) is 14.4. The molecule has 178 valence electrons. The van der Waals surface area contributed by atoms with E-state index in [1.807, 2.05) is 31.3 Å². The minimum Gasteiger partial charge on any atom is -0.494 e. The number of hydrogen-bond acceptors (Lipinski definition) is 4. The van der Waals surface area contributed by atoms with E-state index >= 15 is 0 Å². The Hall–Kier alpha value is -2.85. The fourth-order valence-corrected chi connectivity index (χ4v) is 4.37. The first-order valence-corrected chi connectivity index (χ1v) is 12.1. The zero-order valence-electron chi connectivity index (χ0n) is 19.6. The molecular weight excluding hydrogens is 451 g/mol. The Kier molecular flexibility index (Phi) is 7.27. The van der Waals surface area contributed by atoms with Gasteiger partial charge in [0, 0.05) is 23.4 Å². The van der Waals surface area contributed by atoms with Crippen LogP contribution in [0.15, 0.2) is 48.7 Å². The van der Waals surface area contributed by atoms with E-state index in [4.69, 9.17) is 10.5 Å². The van der Waals surface area contributed by atoms with Gasteiger partial charge < -0.3 is 10.5 Å². The molecule has 0 saturated carbocycles. The van der Waals surface area contributed by atoms with Crippen LogP contribution in [0.25, 0.3) is 21.8 Å². The number of nitrogen functional groups attached to an aromatic ring is 1. The summed E-state index contributed by atoms with van der Waals surface area (Å²) in [5, 5.41) is 2.09. The fourth-order valence-electron chi connectivity index (χ4n) is 4.17. The van der Waals surface area contributed by atoms with Crippen LogP contribution in [-0.2, 0) is 12.8 Å². The Morgan fingerprint density at radius 1 is 1.00 bits per heavy atom. The van der Waals surface area contributed by atoms with Crippen molar-refractivity contribution >= 4 is 36.9 Å². The average molecular weight is 482 g/mol. The Bertz CT molecular complexity index is 1320. The molecule has 1 unspecified atom stereocenters. The van der Waals surface area contributed by atoms with E-state index in [0.29, 0.717) is 25.3 Å². The normalized spacial score (nSPS) is 11.9. The van der Waals surface area contributed by atoms with Gasteiger partial charge in [0.05, 0.1) is 12.1 Å². The predicted octanol–water partition coefficient (Wildman–Crippen LogP) is 6.78. The van der Waals surface area contributed by atoms with E-state index in [1.54, 1.807) is 9.24 Å². The Morgan fingerprint density at radius 2 is 1.82 bits per heavy atom. The molecule has 4 nitrogen and oxygen atoms in total. The minimum absolute atomic E-state index is 0.138. The zero-order valence-corrected chi connectivity index (χ0v) is 20.7. The summed E-state index contributed by atoms with van der Waals surface area (Å²) in [7, 11) is 1.58. The van der Waals surface area contributed by atoms with Crippen LogP contribution in [0.4, 0.5) is 14.6 Å². The first-order valence-electron chi connectivity index (χ1n) is 11.5. The van der Waals surface area contributed by atoms with Gasteiger partial charge in [-0.3, -0.25) is 4.98 Å². The van der Waals surface area contributed by atoms with Gasteiger partial charge in [-0.1, -0.05) is 27.4 Å². The molecular formula is C27H30F2N3OP. The number of nitrogens with zero attached hydrogens (tertiary/aromatic N) is 2. The van der Waals surface area contributed by atoms with Crippen molar-refractivity contribution in [2.75, 3.05) is 12.3 Å². The number of unbranched alkanes of at least 4 members (excludes halogenated alkanes) is 1. The van der Waals surface area contributed by atoms with E-state index in [9.17, 15) is 8.78 Å². The Balaban J connectivity index is 1.42. The van der Waals surface area contributed by atoms with Crippen LogP contribution >= 0.6 is 9.24 Å². The fraction of sp³-hybridized carbons (Fsp3) is 0.333. The van der Waals surface area contributed by atoms with Crippen LogP contribution in [0.3, 0.4) is 0 Å². The second-order valence-electron chi connectivity index (χ2n) is 8.91. The van der Waals surface area contributed by atoms with Crippen molar-refractivity contribution in [2.45, 2.75) is 51.6 Å². The van der Waals surface area contributed by atoms with Gasteiger partial charge in [0.2, 0.25) is 0 Å². The molecule has 2 N–H and O–H groups in total. The number of hydrogen-bond donors (Lipinski definition) is 1. The van der Waals surface area contributed by atoms with Crippen LogP contribution in [-0.4, -0.2) is 22.2 Å². The molecule has 4 aromatic rings. The van der Waals surface area contributed by atoms with Crippen molar-refractivity contribution in [1.82, 2.24) is 9.97 Å². The Labute approximate surface area is 201 Å². The summed E-state index contributed by atoms with van der Waals surface area (Å²) >= 11 is 0. The number of ether oxygens (including phenoxy) is 1. The molecule has 0 amide bonds. The molecule has 34 heavy (non-hydrogen) atoms. The highest BCUT2D eigenvalue weighted by atomic mass is 31.0. The maximum absolute atomic E-state index is 12.9. The second-order valence-corrected chi connectivity index (χ2v) is 9.76. The molecule has 2 aromatic heterocycles. The lowest BCUT2D eigenvalue weighted by Crippen LogP contribution is -2.06. The number of alkyl halides is 2. The van der Waals surface area contributed by atoms with Gasteiger partial charge in [-0.2, -0.15) is 0 Å². The topological polar surface area (TPSA) is 61.0 Å². The van der Waals surface area contributed by atoms with Crippen LogP contribution in [0.5, 0.6) is 5.75 Å². The Morgan fingerprint density at radius 3 is 2.59 bits per heavy atom. The summed E-state index contributed by atoms with van der Waals surface area (Å²) in [4.78, 5) is 9.13. The van der Waals surface area contributed by atoms with Gasteiger partial charge in [0.15, 0.2) is 5.82 Å². The summed E-state index contributed by atoms with van der Waals surface area (Å²) in [5.74, 6) is 1.23. The smallest absolute Gasteiger partial charge is 0.259 e. The molecule has 0 bridgehead atoms. The first kappa shape index (κ1) is 24.3. The van der Waals surface area contributed by atoms with Crippen LogP contribution in [0.1, 0.15) is 41.5 Å². The number of aromatic nitrogens is 2. The maximum atomic E-state index is 12.9. The summed E-state index contributed by atoms with van der Waals surface area (Å²) in [6.07, 6.45) is 4.51. The first-order chi connectivity index (χ1) is 16.2. The number of aryl methyl sites for hydroxylation is 4. The number of halogens is 2. The third kappa shape index (κ3) is 5.98. The molecule has 4 rings (SSSR count). The molecule has 7 heteroatoms. The van der Waals surface area contributed by atoms with Crippen molar-refractivity contribution in [3.63, 3.8) is 0 Å². The van der Waals surface area contributed by atoms with Gasteiger partial charge in [-0.25, -0.2) is 13.8 Å². The SMILES string of the molecule is Cc1ccc2c(c1)nc(N)c1ncc(CCc3ccc(OCCCCC(F)(F)P)cc3C)cc12. The summed E-state index contributed by atoms with van der Waals surface area (Å²) in [5.41, 5.74) is 9.79. The lowest BCUT2D eigenvalue weighted by atomic mass is 9.99. The van der Waals surface area contributed by atoms with Gasteiger partial charge in [0.1, 0.15) is 11.3 Å². The van der Waals surface area contributed by atoms with Crippen molar-refractivity contribution in [3.05, 3.63) is 70.9 Å². The van der Waals surface area contributed by atoms with E-state index in [2.05, 4.69) is 41.2 Å².